The lowest BCUT2D eigenvalue weighted by molar-refractivity contribution is 0.342. The molecule has 1 aliphatic heterocycles. The number of hydrogen-bond donors (Lipinski definition) is 2. The Kier molecular flexibility index (Phi) is 2.14. The van der Waals surface area contributed by atoms with Gasteiger partial charge in [0.25, 0.3) is 0 Å². The topological polar surface area (TPSA) is 40.7 Å². The van der Waals surface area contributed by atoms with E-state index in [0.29, 0.717) is 17.0 Å². The van der Waals surface area contributed by atoms with Crippen LogP contribution in [0.25, 0.3) is 11.0 Å². The van der Waals surface area contributed by atoms with E-state index in [1.165, 1.54) is 0 Å². The number of imidazole rings is 1. The third-order valence-corrected chi connectivity index (χ3v) is 2.92. The first-order valence-electron chi connectivity index (χ1n) is 5.27. The van der Waals surface area contributed by atoms with Crippen molar-refractivity contribution in [2.45, 2.75) is 6.42 Å². The first-order valence-corrected chi connectivity index (χ1v) is 5.27. The van der Waals surface area contributed by atoms with Crippen LogP contribution < -0.4 is 5.32 Å². The lowest BCUT2D eigenvalue weighted by Crippen LogP contribution is -2.43. The maximum absolute atomic E-state index is 13.0. The third kappa shape index (κ3) is 1.57. The number of aromatic nitrogens is 2. The van der Waals surface area contributed by atoms with Crippen LogP contribution in [-0.2, 0) is 6.42 Å². The zero-order valence-electron chi connectivity index (χ0n) is 8.56. The van der Waals surface area contributed by atoms with Crippen molar-refractivity contribution in [1.82, 2.24) is 15.3 Å². The Morgan fingerprint density at radius 2 is 2.00 bits per heavy atom. The Balaban J connectivity index is 1.95. The molecule has 1 aromatic heterocycles. The Morgan fingerprint density at radius 3 is 2.69 bits per heavy atom. The first kappa shape index (κ1) is 9.72. The molecule has 0 bridgehead atoms. The fourth-order valence-corrected chi connectivity index (χ4v) is 1.92. The Hall–Kier alpha value is -1.49. The monoisotopic (exact) mass is 223 g/mol. The minimum atomic E-state index is -0.851. The van der Waals surface area contributed by atoms with Gasteiger partial charge in [-0.3, -0.25) is 0 Å². The second-order valence-corrected chi connectivity index (χ2v) is 4.20. The van der Waals surface area contributed by atoms with E-state index in [4.69, 9.17) is 0 Å². The number of nitrogens with zero attached hydrogens (tertiary/aromatic N) is 1. The molecule has 0 radical (unpaired) electrons. The predicted octanol–water partition coefficient (Wildman–Crippen LogP) is 1.60. The Labute approximate surface area is 90.9 Å². The molecular formula is C11H11F2N3. The summed E-state index contributed by atoms with van der Waals surface area (Å²) in [5.41, 5.74) is 1.04. The predicted molar refractivity (Wildman–Crippen MR) is 56.1 cm³/mol. The molecule has 1 saturated heterocycles. The van der Waals surface area contributed by atoms with Crippen molar-refractivity contribution in [2.24, 2.45) is 5.92 Å². The highest BCUT2D eigenvalue weighted by Crippen LogP contribution is 2.18. The molecule has 3 nitrogen and oxygen atoms in total. The van der Waals surface area contributed by atoms with Crippen molar-refractivity contribution in [1.29, 1.82) is 0 Å². The van der Waals surface area contributed by atoms with Crippen LogP contribution in [0.3, 0.4) is 0 Å². The van der Waals surface area contributed by atoms with E-state index in [1.54, 1.807) is 0 Å². The molecule has 0 aliphatic carbocycles. The standard InChI is InChI=1S/C11H11F2N3/c12-7-2-9-10(3-8(7)13)16-11(15-9)1-6-4-14-5-6/h2-3,6,14H,1,4-5H2,(H,15,16). The SMILES string of the molecule is Fc1cc2nc(CC3CNC3)[nH]c2cc1F. The fourth-order valence-electron chi connectivity index (χ4n) is 1.92. The number of halogens is 2. The number of rotatable bonds is 2. The maximum Gasteiger partial charge on any atom is 0.161 e. The molecule has 0 unspecified atom stereocenters. The summed E-state index contributed by atoms with van der Waals surface area (Å²) in [4.78, 5) is 7.26. The molecule has 84 valence electrons. The van der Waals surface area contributed by atoms with Crippen LogP contribution in [0.15, 0.2) is 12.1 Å². The highest BCUT2D eigenvalue weighted by Gasteiger charge is 2.19. The van der Waals surface area contributed by atoms with E-state index in [9.17, 15) is 8.78 Å². The largest absolute Gasteiger partial charge is 0.342 e. The summed E-state index contributed by atoms with van der Waals surface area (Å²) in [5, 5.41) is 3.17. The summed E-state index contributed by atoms with van der Waals surface area (Å²) in [5.74, 6) is -0.314. The first-order chi connectivity index (χ1) is 7.72. The summed E-state index contributed by atoms with van der Waals surface area (Å²) >= 11 is 0. The molecule has 0 saturated carbocycles. The van der Waals surface area contributed by atoms with Crippen molar-refractivity contribution in [3.8, 4) is 0 Å². The van der Waals surface area contributed by atoms with Gasteiger partial charge in [-0.1, -0.05) is 0 Å². The molecule has 5 heteroatoms. The minimum absolute atomic E-state index is 0.487. The minimum Gasteiger partial charge on any atom is -0.342 e. The molecule has 0 spiro atoms. The number of fused-ring (bicyclic) bond motifs is 1. The molecule has 2 heterocycles. The van der Waals surface area contributed by atoms with E-state index in [-0.39, 0.29) is 0 Å². The zero-order valence-corrected chi connectivity index (χ0v) is 8.56. The average Bonchev–Trinajstić information content (AvgIpc) is 2.54. The highest BCUT2D eigenvalue weighted by atomic mass is 19.2. The molecule has 0 atom stereocenters. The van der Waals surface area contributed by atoms with Gasteiger partial charge < -0.3 is 10.3 Å². The second kappa shape index (κ2) is 3.52. The Morgan fingerprint density at radius 1 is 1.25 bits per heavy atom. The molecule has 1 aromatic carbocycles. The van der Waals surface area contributed by atoms with Crippen LogP contribution >= 0.6 is 0 Å². The lowest BCUT2D eigenvalue weighted by Gasteiger charge is -2.25. The molecule has 1 fully saturated rings. The molecule has 2 aromatic rings. The second-order valence-electron chi connectivity index (χ2n) is 4.20. The highest BCUT2D eigenvalue weighted by molar-refractivity contribution is 5.75. The van der Waals surface area contributed by atoms with Gasteiger partial charge >= 0.3 is 0 Å². The van der Waals surface area contributed by atoms with Crippen LogP contribution in [0.1, 0.15) is 5.82 Å². The number of nitrogens with one attached hydrogen (secondary N) is 2. The summed E-state index contributed by atoms with van der Waals surface area (Å²) in [6.45, 7) is 1.97. The van der Waals surface area contributed by atoms with Gasteiger partial charge in [-0.25, -0.2) is 13.8 Å². The number of benzene rings is 1. The summed E-state index contributed by atoms with van der Waals surface area (Å²) in [7, 11) is 0. The van der Waals surface area contributed by atoms with E-state index < -0.39 is 11.6 Å². The van der Waals surface area contributed by atoms with Crippen molar-refractivity contribution < 1.29 is 8.78 Å². The van der Waals surface area contributed by atoms with Crippen LogP contribution in [0.2, 0.25) is 0 Å². The van der Waals surface area contributed by atoms with Gasteiger partial charge in [0, 0.05) is 18.6 Å². The zero-order chi connectivity index (χ0) is 11.1. The van der Waals surface area contributed by atoms with E-state index in [2.05, 4.69) is 15.3 Å². The summed E-state index contributed by atoms with van der Waals surface area (Å²) in [6.07, 6.45) is 0.824. The van der Waals surface area contributed by atoms with Gasteiger partial charge in [-0.2, -0.15) is 0 Å². The van der Waals surface area contributed by atoms with E-state index in [1.807, 2.05) is 0 Å². The van der Waals surface area contributed by atoms with Crippen molar-refractivity contribution in [2.75, 3.05) is 13.1 Å². The van der Waals surface area contributed by atoms with Crippen molar-refractivity contribution in [3.63, 3.8) is 0 Å². The normalized spacial score (nSPS) is 16.6. The van der Waals surface area contributed by atoms with Gasteiger partial charge in [0.15, 0.2) is 11.6 Å². The number of aromatic amines is 1. The van der Waals surface area contributed by atoms with Crippen molar-refractivity contribution >= 4 is 11.0 Å². The Bertz CT molecular complexity index is 492. The fraction of sp³-hybridized carbons (Fsp3) is 0.364. The summed E-state index contributed by atoms with van der Waals surface area (Å²) < 4.78 is 25.9. The molecule has 2 N–H and O–H groups in total. The molecule has 16 heavy (non-hydrogen) atoms. The number of hydrogen-bond acceptors (Lipinski definition) is 2. The van der Waals surface area contributed by atoms with Crippen LogP contribution in [0.4, 0.5) is 8.78 Å². The molecule has 3 rings (SSSR count). The maximum atomic E-state index is 13.0. The van der Waals surface area contributed by atoms with Crippen LogP contribution in [0, 0.1) is 17.6 Å². The number of H-pyrrole nitrogens is 1. The smallest absolute Gasteiger partial charge is 0.161 e. The molecule has 1 aliphatic rings. The molecular weight excluding hydrogens is 212 g/mol. The third-order valence-electron chi connectivity index (χ3n) is 2.92. The van der Waals surface area contributed by atoms with Gasteiger partial charge in [0.1, 0.15) is 5.82 Å². The van der Waals surface area contributed by atoms with Gasteiger partial charge in [0.2, 0.25) is 0 Å². The lowest BCUT2D eigenvalue weighted by atomic mass is 9.99. The average molecular weight is 223 g/mol. The van der Waals surface area contributed by atoms with Gasteiger partial charge in [0.05, 0.1) is 11.0 Å². The quantitative estimate of drug-likeness (QED) is 0.812. The van der Waals surface area contributed by atoms with Crippen molar-refractivity contribution in [3.05, 3.63) is 29.6 Å². The molecule has 0 amide bonds. The summed E-state index contributed by atoms with van der Waals surface area (Å²) in [6, 6.07) is 2.28. The van der Waals surface area contributed by atoms with E-state index in [0.717, 1.165) is 37.5 Å². The van der Waals surface area contributed by atoms with Crippen LogP contribution in [0.5, 0.6) is 0 Å². The van der Waals surface area contributed by atoms with Gasteiger partial charge in [-0.05, 0) is 19.0 Å². The van der Waals surface area contributed by atoms with Gasteiger partial charge in [-0.15, -0.1) is 0 Å². The van der Waals surface area contributed by atoms with E-state index >= 15 is 0 Å². The van der Waals surface area contributed by atoms with Crippen LogP contribution in [-0.4, -0.2) is 23.1 Å².